The fraction of sp³-hybridized carbons (Fsp3) is 0.304. The van der Waals surface area contributed by atoms with Gasteiger partial charge in [-0.25, -0.2) is 4.99 Å². The molecule has 0 aliphatic heterocycles. The maximum absolute atomic E-state index is 10.2. The Balaban J connectivity index is 1.56. The lowest BCUT2D eigenvalue weighted by molar-refractivity contribution is 0.110. The summed E-state index contributed by atoms with van der Waals surface area (Å²) >= 11 is 0. The number of guanidine groups is 1. The molecule has 0 amide bonds. The molecule has 6 heteroatoms. The highest BCUT2D eigenvalue weighted by atomic mass is 16.5. The van der Waals surface area contributed by atoms with Crippen LogP contribution in [0.1, 0.15) is 18.1 Å². The highest BCUT2D eigenvalue weighted by Gasteiger charge is 2.08. The Labute approximate surface area is 171 Å². The van der Waals surface area contributed by atoms with Crippen molar-refractivity contribution in [2.24, 2.45) is 4.99 Å². The molecule has 1 aromatic heterocycles. The van der Waals surface area contributed by atoms with Crippen LogP contribution in [0.2, 0.25) is 0 Å². The van der Waals surface area contributed by atoms with Gasteiger partial charge < -0.3 is 20.5 Å². The van der Waals surface area contributed by atoms with Crippen LogP contribution in [0.4, 0.5) is 0 Å². The van der Waals surface area contributed by atoms with E-state index in [9.17, 15) is 5.11 Å². The molecule has 6 nitrogen and oxygen atoms in total. The van der Waals surface area contributed by atoms with Gasteiger partial charge in [0, 0.05) is 24.7 Å². The lowest BCUT2D eigenvalue weighted by Gasteiger charge is -2.16. The molecule has 0 saturated carbocycles. The van der Waals surface area contributed by atoms with Crippen molar-refractivity contribution in [1.82, 2.24) is 15.6 Å². The number of hydrogen-bond donors (Lipinski definition) is 3. The number of rotatable bonds is 8. The minimum atomic E-state index is -0.652. The van der Waals surface area contributed by atoms with Crippen molar-refractivity contribution < 1.29 is 9.84 Å². The zero-order valence-electron chi connectivity index (χ0n) is 16.9. The molecular formula is C23H28N4O2. The summed E-state index contributed by atoms with van der Waals surface area (Å²) < 4.78 is 5.66. The number of nitrogens with zero attached hydrogens (tertiary/aromatic N) is 2. The van der Waals surface area contributed by atoms with Gasteiger partial charge in [-0.15, -0.1) is 0 Å². The number of benzene rings is 2. The van der Waals surface area contributed by atoms with E-state index in [-0.39, 0.29) is 6.61 Å². The molecule has 0 spiro atoms. The van der Waals surface area contributed by atoms with Crippen molar-refractivity contribution in [3.63, 3.8) is 0 Å². The van der Waals surface area contributed by atoms with Crippen LogP contribution in [0.25, 0.3) is 10.9 Å². The van der Waals surface area contributed by atoms with Gasteiger partial charge in [0.2, 0.25) is 0 Å². The molecule has 0 aliphatic carbocycles. The highest BCUT2D eigenvalue weighted by molar-refractivity contribution is 5.83. The van der Waals surface area contributed by atoms with Gasteiger partial charge in [-0.2, -0.15) is 0 Å². The van der Waals surface area contributed by atoms with Crippen molar-refractivity contribution in [1.29, 1.82) is 0 Å². The van der Waals surface area contributed by atoms with E-state index < -0.39 is 6.10 Å². The van der Waals surface area contributed by atoms with E-state index in [0.717, 1.165) is 34.3 Å². The summed E-state index contributed by atoms with van der Waals surface area (Å²) in [6.07, 6.45) is 1.15. The molecular weight excluding hydrogens is 364 g/mol. The molecule has 29 heavy (non-hydrogen) atoms. The molecule has 152 valence electrons. The number of pyridine rings is 1. The summed E-state index contributed by atoms with van der Waals surface area (Å²) in [6, 6.07) is 17.8. The Morgan fingerprint density at radius 1 is 1.14 bits per heavy atom. The van der Waals surface area contributed by atoms with Gasteiger partial charge in [0.25, 0.3) is 0 Å². The van der Waals surface area contributed by atoms with Crippen LogP contribution in [0, 0.1) is 6.92 Å². The highest BCUT2D eigenvalue weighted by Crippen LogP contribution is 2.16. The summed E-state index contributed by atoms with van der Waals surface area (Å²) in [5, 5.41) is 17.7. The second kappa shape index (κ2) is 10.4. The molecule has 3 rings (SSSR count). The van der Waals surface area contributed by atoms with Gasteiger partial charge in [-0.1, -0.05) is 30.3 Å². The maximum Gasteiger partial charge on any atom is 0.191 e. The average Bonchev–Trinajstić information content (AvgIpc) is 2.74. The van der Waals surface area contributed by atoms with Crippen LogP contribution in [-0.2, 0) is 6.54 Å². The average molecular weight is 393 g/mol. The van der Waals surface area contributed by atoms with E-state index in [2.05, 4.69) is 26.7 Å². The van der Waals surface area contributed by atoms with Crippen molar-refractivity contribution in [3.05, 3.63) is 71.9 Å². The van der Waals surface area contributed by atoms with E-state index >= 15 is 0 Å². The lowest BCUT2D eigenvalue weighted by Crippen LogP contribution is -2.42. The zero-order chi connectivity index (χ0) is 20.5. The molecule has 2 aromatic carbocycles. The van der Waals surface area contributed by atoms with Gasteiger partial charge in [0.1, 0.15) is 18.5 Å². The first-order valence-electron chi connectivity index (χ1n) is 9.88. The van der Waals surface area contributed by atoms with Crippen LogP contribution in [-0.4, -0.2) is 41.9 Å². The van der Waals surface area contributed by atoms with E-state index in [1.807, 2.05) is 62.4 Å². The number of aliphatic imine (C=N–C) groups is 1. The minimum Gasteiger partial charge on any atom is -0.491 e. The Morgan fingerprint density at radius 2 is 2.00 bits per heavy atom. The summed E-state index contributed by atoms with van der Waals surface area (Å²) in [6.45, 7) is 5.83. The molecule has 0 radical (unpaired) electrons. The minimum absolute atomic E-state index is 0.213. The third-order valence-electron chi connectivity index (χ3n) is 4.43. The third-order valence-corrected chi connectivity index (χ3v) is 4.43. The molecule has 0 bridgehead atoms. The van der Waals surface area contributed by atoms with Crippen LogP contribution >= 0.6 is 0 Å². The molecule has 0 fully saturated rings. The summed E-state index contributed by atoms with van der Waals surface area (Å²) in [5.41, 5.74) is 3.19. The largest absolute Gasteiger partial charge is 0.491 e. The number of aromatic nitrogens is 1. The quantitative estimate of drug-likeness (QED) is 0.406. The summed E-state index contributed by atoms with van der Waals surface area (Å²) in [4.78, 5) is 9.04. The molecule has 0 aliphatic rings. The number of aliphatic hydroxyl groups is 1. The Morgan fingerprint density at radius 3 is 2.83 bits per heavy atom. The van der Waals surface area contributed by atoms with E-state index in [0.29, 0.717) is 19.0 Å². The Hall–Kier alpha value is -3.12. The van der Waals surface area contributed by atoms with Crippen molar-refractivity contribution in [2.75, 3.05) is 19.7 Å². The first-order chi connectivity index (χ1) is 14.2. The van der Waals surface area contributed by atoms with Gasteiger partial charge >= 0.3 is 0 Å². The topological polar surface area (TPSA) is 78.8 Å². The SMILES string of the molecule is CCNC(=NCc1ccnc2ccccc12)NCC(O)COc1cccc(C)c1. The van der Waals surface area contributed by atoms with Crippen molar-refractivity contribution in [2.45, 2.75) is 26.5 Å². The lowest BCUT2D eigenvalue weighted by atomic mass is 10.1. The van der Waals surface area contributed by atoms with Gasteiger partial charge in [0.15, 0.2) is 5.96 Å². The number of aryl methyl sites for hydroxylation is 1. The van der Waals surface area contributed by atoms with E-state index in [1.54, 1.807) is 6.20 Å². The van der Waals surface area contributed by atoms with Gasteiger partial charge in [-0.3, -0.25) is 4.98 Å². The fourth-order valence-corrected chi connectivity index (χ4v) is 2.97. The molecule has 1 unspecified atom stereocenters. The second-order valence-electron chi connectivity index (χ2n) is 6.84. The molecule has 3 aromatic rings. The number of nitrogens with one attached hydrogen (secondary N) is 2. The molecule has 1 heterocycles. The van der Waals surface area contributed by atoms with Crippen LogP contribution in [0.15, 0.2) is 65.8 Å². The fourth-order valence-electron chi connectivity index (χ4n) is 2.97. The van der Waals surface area contributed by atoms with Gasteiger partial charge in [-0.05, 0) is 49.2 Å². The standard InChI is InChI=1S/C23H28N4O2/c1-3-24-23(26-14-18-11-12-25-22-10-5-4-9-21(18)22)27-15-19(28)16-29-20-8-6-7-17(2)13-20/h4-13,19,28H,3,14-16H2,1-2H3,(H2,24,26,27). The van der Waals surface area contributed by atoms with Crippen LogP contribution < -0.4 is 15.4 Å². The number of fused-ring (bicyclic) bond motifs is 1. The first kappa shape index (κ1) is 20.6. The summed E-state index contributed by atoms with van der Waals surface area (Å²) in [5.74, 6) is 1.41. The predicted octanol–water partition coefficient (Wildman–Crippen LogP) is 3.04. The Bertz CT molecular complexity index is 953. The monoisotopic (exact) mass is 392 g/mol. The second-order valence-corrected chi connectivity index (χ2v) is 6.84. The van der Waals surface area contributed by atoms with E-state index in [1.165, 1.54) is 0 Å². The van der Waals surface area contributed by atoms with E-state index in [4.69, 9.17) is 4.74 Å². The normalized spacial score (nSPS) is 12.6. The van der Waals surface area contributed by atoms with Crippen molar-refractivity contribution in [3.8, 4) is 5.75 Å². The Kier molecular flexibility index (Phi) is 7.41. The van der Waals surface area contributed by atoms with Gasteiger partial charge in [0.05, 0.1) is 12.1 Å². The number of ether oxygens (including phenoxy) is 1. The predicted molar refractivity (Wildman–Crippen MR) is 117 cm³/mol. The first-order valence-corrected chi connectivity index (χ1v) is 9.88. The van der Waals surface area contributed by atoms with Crippen LogP contribution in [0.5, 0.6) is 5.75 Å². The molecule has 1 atom stereocenters. The number of aliphatic hydroxyl groups excluding tert-OH is 1. The number of para-hydroxylation sites is 1. The molecule has 3 N–H and O–H groups in total. The van der Waals surface area contributed by atoms with Crippen molar-refractivity contribution >= 4 is 16.9 Å². The maximum atomic E-state index is 10.2. The molecule has 0 saturated heterocycles. The van der Waals surface area contributed by atoms with Crippen LogP contribution in [0.3, 0.4) is 0 Å². The smallest absolute Gasteiger partial charge is 0.191 e. The zero-order valence-corrected chi connectivity index (χ0v) is 16.9. The number of hydrogen-bond acceptors (Lipinski definition) is 4. The third kappa shape index (κ3) is 6.19. The summed E-state index contributed by atoms with van der Waals surface area (Å²) in [7, 11) is 0.